The number of nitrogens with one attached hydrogen (secondary N) is 1. The average Bonchev–Trinajstić information content (AvgIpc) is 3.52. The number of rotatable bonds is 9. The quantitative estimate of drug-likeness (QED) is 0.216. The molecule has 1 fully saturated rings. The summed E-state index contributed by atoms with van der Waals surface area (Å²) in [4.78, 5) is 0. The van der Waals surface area contributed by atoms with Crippen LogP contribution in [-0.4, -0.2) is 12.6 Å². The molecule has 1 heterocycles. The van der Waals surface area contributed by atoms with Gasteiger partial charge in [0.25, 0.3) is 0 Å². The van der Waals surface area contributed by atoms with E-state index in [4.69, 9.17) is 0 Å². The molecule has 0 unspecified atom stereocenters. The molecular weight excluding hydrogens is 506 g/mol. The van der Waals surface area contributed by atoms with Crippen molar-refractivity contribution < 1.29 is 0 Å². The molecule has 1 aliphatic heterocycles. The Labute approximate surface area is 255 Å². The predicted octanol–water partition coefficient (Wildman–Crippen LogP) is 10.5. The lowest BCUT2D eigenvalue weighted by Crippen LogP contribution is -2.30. The summed E-state index contributed by atoms with van der Waals surface area (Å²) in [5.41, 5.74) is 11.0. The molecule has 0 amide bonds. The molecule has 0 aliphatic carbocycles. The third-order valence-electron chi connectivity index (χ3n) is 10.1. The summed E-state index contributed by atoms with van der Waals surface area (Å²) >= 11 is 0. The van der Waals surface area contributed by atoms with Crippen molar-refractivity contribution in [2.45, 2.75) is 103 Å². The summed E-state index contributed by atoms with van der Waals surface area (Å²) in [5.74, 6) is 1.45. The normalized spacial score (nSPS) is 16.1. The SMILES string of the molecule is CC(C)c1ccc(C(C)(C)c2ccc(C(c3ccc(C(C)(C)c4ccc(C(C)C)cc4)cc3)[C@@H]3CCCN3)cc2)cc1. The highest BCUT2D eigenvalue weighted by atomic mass is 14.9. The Morgan fingerprint density at radius 1 is 0.500 bits per heavy atom. The largest absolute Gasteiger partial charge is 0.313 e. The van der Waals surface area contributed by atoms with E-state index in [1.807, 2.05) is 0 Å². The molecule has 42 heavy (non-hydrogen) atoms. The molecule has 1 aliphatic rings. The van der Waals surface area contributed by atoms with Gasteiger partial charge in [-0.2, -0.15) is 0 Å². The minimum atomic E-state index is -0.0459. The lowest BCUT2D eigenvalue weighted by molar-refractivity contribution is 0.539. The molecule has 0 spiro atoms. The molecule has 220 valence electrons. The van der Waals surface area contributed by atoms with Crippen LogP contribution in [0.5, 0.6) is 0 Å². The molecule has 5 rings (SSSR count). The fourth-order valence-corrected chi connectivity index (χ4v) is 6.77. The molecule has 1 atom stereocenters. The maximum atomic E-state index is 3.82. The molecule has 4 aromatic carbocycles. The van der Waals surface area contributed by atoms with E-state index in [9.17, 15) is 0 Å². The maximum absolute atomic E-state index is 3.82. The maximum Gasteiger partial charge on any atom is 0.0243 e. The van der Waals surface area contributed by atoms with Crippen LogP contribution in [0.1, 0.15) is 130 Å². The van der Waals surface area contributed by atoms with Gasteiger partial charge in [0.2, 0.25) is 0 Å². The standard InChI is InChI=1S/C41H51N/c1-28(2)30-11-19-34(20-12-30)40(5,6)36-23-15-32(16-24-36)39(38-10-9-27-42-38)33-17-25-37(26-18-33)41(7,8)35-21-13-31(14-22-35)29(3)4/h11-26,28-29,38-39,42H,9-10,27H2,1-8H3/t38-/m0/s1. The van der Waals surface area contributed by atoms with Gasteiger partial charge in [-0.25, -0.2) is 0 Å². The van der Waals surface area contributed by atoms with E-state index in [0.29, 0.717) is 23.8 Å². The monoisotopic (exact) mass is 557 g/mol. The first-order valence-corrected chi connectivity index (χ1v) is 16.1. The highest BCUT2D eigenvalue weighted by molar-refractivity contribution is 5.45. The van der Waals surface area contributed by atoms with Crippen LogP contribution in [0.15, 0.2) is 97.1 Å². The zero-order valence-electron chi connectivity index (χ0n) is 27.2. The molecule has 0 saturated carbocycles. The highest BCUT2D eigenvalue weighted by Crippen LogP contribution is 2.38. The van der Waals surface area contributed by atoms with Crippen molar-refractivity contribution in [1.29, 1.82) is 0 Å². The van der Waals surface area contributed by atoms with Gasteiger partial charge in [0.15, 0.2) is 0 Å². The Balaban J connectivity index is 1.41. The van der Waals surface area contributed by atoms with Gasteiger partial charge in [-0.15, -0.1) is 0 Å². The first-order chi connectivity index (χ1) is 20.0. The van der Waals surface area contributed by atoms with Crippen LogP contribution in [0.2, 0.25) is 0 Å². The number of hydrogen-bond acceptors (Lipinski definition) is 1. The average molecular weight is 558 g/mol. The minimum absolute atomic E-state index is 0.0459. The number of benzene rings is 4. The van der Waals surface area contributed by atoms with Gasteiger partial charge in [-0.1, -0.05) is 152 Å². The molecule has 1 heteroatoms. The second-order valence-electron chi connectivity index (χ2n) is 14.2. The Bertz CT molecular complexity index is 1320. The van der Waals surface area contributed by atoms with E-state index in [0.717, 1.165) is 6.54 Å². The van der Waals surface area contributed by atoms with E-state index in [2.05, 4.69) is 158 Å². The second kappa shape index (κ2) is 12.2. The van der Waals surface area contributed by atoms with Gasteiger partial charge in [0.1, 0.15) is 0 Å². The van der Waals surface area contributed by atoms with Crippen LogP contribution < -0.4 is 5.32 Å². The van der Waals surface area contributed by atoms with Gasteiger partial charge in [0, 0.05) is 22.8 Å². The summed E-state index contributed by atoms with van der Waals surface area (Å²) in [6.07, 6.45) is 2.46. The first kappa shape index (κ1) is 30.3. The van der Waals surface area contributed by atoms with E-state index >= 15 is 0 Å². The topological polar surface area (TPSA) is 12.0 Å². The molecule has 0 radical (unpaired) electrons. The zero-order valence-corrected chi connectivity index (χ0v) is 27.2. The van der Waals surface area contributed by atoms with Crippen LogP contribution in [0.3, 0.4) is 0 Å². The molecule has 4 aromatic rings. The summed E-state index contributed by atoms with van der Waals surface area (Å²) in [7, 11) is 0. The van der Waals surface area contributed by atoms with Crippen LogP contribution >= 0.6 is 0 Å². The molecular formula is C41H51N. The fourth-order valence-electron chi connectivity index (χ4n) is 6.77. The van der Waals surface area contributed by atoms with Crippen molar-refractivity contribution in [3.63, 3.8) is 0 Å². The van der Waals surface area contributed by atoms with Gasteiger partial charge in [-0.3, -0.25) is 0 Å². The summed E-state index contributed by atoms with van der Waals surface area (Å²) in [6.45, 7) is 19.5. The zero-order chi connectivity index (χ0) is 30.1. The molecule has 1 nitrogen and oxygen atoms in total. The van der Waals surface area contributed by atoms with Crippen LogP contribution in [-0.2, 0) is 10.8 Å². The van der Waals surface area contributed by atoms with Crippen LogP contribution in [0.25, 0.3) is 0 Å². The van der Waals surface area contributed by atoms with Crippen LogP contribution in [0, 0.1) is 0 Å². The lowest BCUT2D eigenvalue weighted by atomic mass is 9.75. The van der Waals surface area contributed by atoms with Gasteiger partial charge >= 0.3 is 0 Å². The molecule has 1 N–H and O–H groups in total. The third kappa shape index (κ3) is 6.13. The lowest BCUT2D eigenvalue weighted by Gasteiger charge is -2.30. The van der Waals surface area contributed by atoms with Crippen molar-refractivity contribution in [1.82, 2.24) is 5.32 Å². The predicted molar refractivity (Wildman–Crippen MR) is 181 cm³/mol. The van der Waals surface area contributed by atoms with Crippen molar-refractivity contribution in [3.8, 4) is 0 Å². The summed E-state index contributed by atoms with van der Waals surface area (Å²) < 4.78 is 0. The molecule has 0 aromatic heterocycles. The van der Waals surface area contributed by atoms with Gasteiger partial charge in [-0.05, 0) is 75.7 Å². The third-order valence-corrected chi connectivity index (χ3v) is 10.1. The Morgan fingerprint density at radius 2 is 0.810 bits per heavy atom. The van der Waals surface area contributed by atoms with Gasteiger partial charge in [0.05, 0.1) is 0 Å². The Morgan fingerprint density at radius 3 is 1.07 bits per heavy atom. The second-order valence-corrected chi connectivity index (χ2v) is 14.2. The van der Waals surface area contributed by atoms with Crippen molar-refractivity contribution in [2.24, 2.45) is 0 Å². The van der Waals surface area contributed by atoms with E-state index in [-0.39, 0.29) is 10.8 Å². The Kier molecular flexibility index (Phi) is 8.81. The van der Waals surface area contributed by atoms with Crippen molar-refractivity contribution in [3.05, 3.63) is 142 Å². The van der Waals surface area contributed by atoms with Gasteiger partial charge < -0.3 is 5.32 Å². The van der Waals surface area contributed by atoms with Crippen molar-refractivity contribution in [2.75, 3.05) is 6.54 Å². The summed E-state index contributed by atoms with van der Waals surface area (Å²) in [5, 5.41) is 3.82. The smallest absolute Gasteiger partial charge is 0.0243 e. The van der Waals surface area contributed by atoms with E-state index in [1.165, 1.54) is 57.3 Å². The summed E-state index contributed by atoms with van der Waals surface area (Å²) in [6, 6.07) is 37.9. The highest BCUT2D eigenvalue weighted by Gasteiger charge is 2.30. The minimum Gasteiger partial charge on any atom is -0.313 e. The number of hydrogen-bond donors (Lipinski definition) is 1. The fraction of sp³-hybridized carbons (Fsp3) is 0.415. The van der Waals surface area contributed by atoms with Crippen LogP contribution in [0.4, 0.5) is 0 Å². The molecule has 0 bridgehead atoms. The Hall–Kier alpha value is -3.16. The first-order valence-electron chi connectivity index (χ1n) is 16.1. The molecule has 1 saturated heterocycles. The van der Waals surface area contributed by atoms with Crippen molar-refractivity contribution >= 4 is 0 Å². The van der Waals surface area contributed by atoms with E-state index < -0.39 is 0 Å². The van der Waals surface area contributed by atoms with E-state index in [1.54, 1.807) is 0 Å².